The molecule has 2 aliphatic heterocycles. The molecule has 2 aliphatic rings. The topological polar surface area (TPSA) is 37.7 Å². The Morgan fingerprint density at radius 3 is 2.76 bits per heavy atom. The number of likely N-dealkylation sites (tertiary alicyclic amines) is 1. The normalized spacial score (nSPS) is 17.5. The quantitative estimate of drug-likeness (QED) is 0.349. The largest absolute Gasteiger partial charge is 0.493 e. The van der Waals surface area contributed by atoms with Gasteiger partial charge in [-0.2, -0.15) is 0 Å². The average Bonchev–Trinajstić information content (AvgIpc) is 3.44. The maximum absolute atomic E-state index is 13.8. The van der Waals surface area contributed by atoms with Gasteiger partial charge in [0.15, 0.2) is 0 Å². The van der Waals surface area contributed by atoms with Crippen molar-refractivity contribution in [2.24, 2.45) is 18.9 Å². The van der Waals surface area contributed by atoms with Gasteiger partial charge >= 0.3 is 0 Å². The van der Waals surface area contributed by atoms with Crippen molar-refractivity contribution in [2.75, 3.05) is 26.2 Å². The van der Waals surface area contributed by atoms with Gasteiger partial charge in [-0.15, -0.1) is 0 Å². The molecule has 1 atom stereocenters. The Kier molecular flexibility index (Phi) is 9.54. The van der Waals surface area contributed by atoms with E-state index in [0.29, 0.717) is 18.4 Å². The first-order chi connectivity index (χ1) is 18.4. The number of fused-ring (bicyclic) bond motifs is 2. The number of amides is 1. The maximum Gasteiger partial charge on any atom is 0.227 e. The summed E-state index contributed by atoms with van der Waals surface area (Å²) in [5.41, 5.74) is 6.38. The third-order valence-electron chi connectivity index (χ3n) is 7.77. The van der Waals surface area contributed by atoms with Crippen molar-refractivity contribution in [2.45, 2.75) is 73.4 Å². The zero-order chi connectivity index (χ0) is 27.2. The number of ether oxygens (including phenoxy) is 1. The van der Waals surface area contributed by atoms with E-state index in [9.17, 15) is 4.79 Å². The summed E-state index contributed by atoms with van der Waals surface area (Å²) in [4.78, 5) is 18.4. The third-order valence-corrected chi connectivity index (χ3v) is 7.77. The second-order valence-corrected chi connectivity index (χ2v) is 11.3. The fraction of sp³-hybridized carbons (Fsp3) is 0.545. The molecule has 1 aromatic heterocycles. The third kappa shape index (κ3) is 6.43. The molecule has 3 aromatic rings. The Labute approximate surface area is 229 Å². The molecule has 0 N–H and O–H groups in total. The second-order valence-electron chi connectivity index (χ2n) is 11.3. The van der Waals surface area contributed by atoms with E-state index in [4.69, 9.17) is 4.74 Å². The molecule has 206 valence electrons. The maximum atomic E-state index is 13.8. The van der Waals surface area contributed by atoms with Crippen molar-refractivity contribution < 1.29 is 9.53 Å². The van der Waals surface area contributed by atoms with Crippen LogP contribution in [0.3, 0.4) is 0 Å². The number of hydrogen-bond donors (Lipinski definition) is 0. The zero-order valence-electron chi connectivity index (χ0n) is 24.4. The van der Waals surface area contributed by atoms with Crippen LogP contribution in [0.5, 0.6) is 5.75 Å². The predicted molar refractivity (Wildman–Crippen MR) is 158 cm³/mol. The first kappa shape index (κ1) is 28.2. The monoisotopic (exact) mass is 517 g/mol. The van der Waals surface area contributed by atoms with Crippen LogP contribution in [0.25, 0.3) is 10.9 Å². The second kappa shape index (κ2) is 12.8. The van der Waals surface area contributed by atoms with Crippen LogP contribution in [-0.4, -0.2) is 46.5 Å². The predicted octanol–water partition coefficient (Wildman–Crippen LogP) is 6.73. The van der Waals surface area contributed by atoms with Crippen LogP contribution in [0, 0.1) is 18.8 Å². The molecule has 0 aliphatic carbocycles. The van der Waals surface area contributed by atoms with E-state index in [0.717, 1.165) is 57.8 Å². The van der Waals surface area contributed by atoms with Gasteiger partial charge in [0.25, 0.3) is 0 Å². The molecule has 1 fully saturated rings. The molecular weight excluding hydrogens is 470 g/mol. The fourth-order valence-electron chi connectivity index (χ4n) is 6.14. The number of aromatic nitrogens is 1. The number of para-hydroxylation sites is 1. The Bertz CT molecular complexity index is 1230. The molecule has 5 nitrogen and oxygen atoms in total. The van der Waals surface area contributed by atoms with Crippen LogP contribution in [0.15, 0.2) is 42.6 Å². The lowest BCUT2D eigenvalue weighted by atomic mass is 10.00. The zero-order valence-corrected chi connectivity index (χ0v) is 24.4. The molecule has 0 radical (unpaired) electrons. The van der Waals surface area contributed by atoms with Crippen molar-refractivity contribution >= 4 is 16.8 Å². The van der Waals surface area contributed by atoms with E-state index < -0.39 is 0 Å². The standard InChI is InChI=1S/C31H41N3O2.C2H6/c1-22(2)18-34(19-24-16-23(3)30-26(17-24)8-5-6-15-36-30)31(35)28-12-14-33(21-28)20-27-10-7-9-25-11-13-32(4)29(25)27;1-2/h7,9-11,13,16-17,22,28H,5-6,8,12,14-15,18-21H2,1-4H3;1-2H3. The van der Waals surface area contributed by atoms with Gasteiger partial charge < -0.3 is 14.2 Å². The summed E-state index contributed by atoms with van der Waals surface area (Å²) >= 11 is 0. The van der Waals surface area contributed by atoms with E-state index in [2.05, 4.69) is 84.8 Å². The molecule has 0 bridgehead atoms. The van der Waals surface area contributed by atoms with Crippen molar-refractivity contribution in [1.29, 1.82) is 0 Å². The summed E-state index contributed by atoms with van der Waals surface area (Å²) in [7, 11) is 2.11. The highest BCUT2D eigenvalue weighted by molar-refractivity contribution is 5.83. The molecule has 2 aromatic carbocycles. The van der Waals surface area contributed by atoms with Gasteiger partial charge in [-0.25, -0.2) is 0 Å². The highest BCUT2D eigenvalue weighted by Crippen LogP contribution is 2.31. The van der Waals surface area contributed by atoms with Crippen LogP contribution in [0.4, 0.5) is 0 Å². The number of nitrogens with zero attached hydrogens (tertiary/aromatic N) is 3. The van der Waals surface area contributed by atoms with Gasteiger partial charge in [0.1, 0.15) is 5.75 Å². The molecule has 1 unspecified atom stereocenters. The van der Waals surface area contributed by atoms with Crippen LogP contribution in [0.2, 0.25) is 0 Å². The number of rotatable bonds is 7. The summed E-state index contributed by atoms with van der Waals surface area (Å²) in [5.74, 6) is 1.89. The highest BCUT2D eigenvalue weighted by Gasteiger charge is 2.32. The Morgan fingerprint density at radius 1 is 1.16 bits per heavy atom. The van der Waals surface area contributed by atoms with E-state index in [-0.39, 0.29) is 5.92 Å². The lowest BCUT2D eigenvalue weighted by molar-refractivity contribution is -0.136. The van der Waals surface area contributed by atoms with Gasteiger partial charge in [0.2, 0.25) is 5.91 Å². The highest BCUT2D eigenvalue weighted by atomic mass is 16.5. The average molecular weight is 518 g/mol. The minimum Gasteiger partial charge on any atom is -0.493 e. The van der Waals surface area contributed by atoms with Gasteiger partial charge in [0, 0.05) is 39.4 Å². The lowest BCUT2D eigenvalue weighted by Gasteiger charge is -2.28. The minimum absolute atomic E-state index is 0.0709. The molecule has 5 heteroatoms. The van der Waals surface area contributed by atoms with Gasteiger partial charge in [-0.05, 0) is 78.8 Å². The molecule has 1 amide bonds. The van der Waals surface area contributed by atoms with Crippen LogP contribution >= 0.6 is 0 Å². The summed E-state index contributed by atoms with van der Waals surface area (Å²) in [6, 6.07) is 13.2. The molecule has 38 heavy (non-hydrogen) atoms. The van der Waals surface area contributed by atoms with Crippen LogP contribution in [-0.2, 0) is 31.4 Å². The summed E-state index contributed by atoms with van der Waals surface area (Å²) in [5, 5.41) is 1.28. The van der Waals surface area contributed by atoms with Gasteiger partial charge in [-0.1, -0.05) is 58.0 Å². The van der Waals surface area contributed by atoms with Crippen molar-refractivity contribution in [3.8, 4) is 5.75 Å². The number of benzene rings is 2. The van der Waals surface area contributed by atoms with Gasteiger partial charge in [0.05, 0.1) is 18.0 Å². The lowest BCUT2D eigenvalue weighted by Crippen LogP contribution is -2.39. The summed E-state index contributed by atoms with van der Waals surface area (Å²) < 4.78 is 8.24. The number of hydrogen-bond acceptors (Lipinski definition) is 3. The number of aryl methyl sites for hydroxylation is 3. The summed E-state index contributed by atoms with van der Waals surface area (Å²) in [6.07, 6.45) is 6.41. The van der Waals surface area contributed by atoms with E-state index in [1.807, 2.05) is 13.8 Å². The van der Waals surface area contributed by atoms with Crippen LogP contribution in [0.1, 0.15) is 69.2 Å². The van der Waals surface area contributed by atoms with Crippen LogP contribution < -0.4 is 4.74 Å². The Hall–Kier alpha value is -2.79. The molecule has 0 saturated carbocycles. The number of carbonyl (C=O) groups excluding carboxylic acids is 1. The van der Waals surface area contributed by atoms with E-state index in [1.54, 1.807) is 0 Å². The first-order valence-electron chi connectivity index (χ1n) is 14.7. The molecule has 1 saturated heterocycles. The SMILES string of the molecule is CC.Cc1cc(CN(CC(C)C)C(=O)C2CCN(Cc3cccc4ccn(C)c34)C2)cc2c1OCCCC2. The van der Waals surface area contributed by atoms with E-state index >= 15 is 0 Å². The Morgan fingerprint density at radius 2 is 1.97 bits per heavy atom. The molecule has 3 heterocycles. The fourth-order valence-corrected chi connectivity index (χ4v) is 6.14. The summed E-state index contributed by atoms with van der Waals surface area (Å²) in [6.45, 7) is 15.6. The molecule has 0 spiro atoms. The Balaban J connectivity index is 0.00000164. The number of carbonyl (C=O) groups is 1. The molecule has 5 rings (SSSR count). The first-order valence-corrected chi connectivity index (χ1v) is 14.7. The smallest absolute Gasteiger partial charge is 0.227 e. The van der Waals surface area contributed by atoms with Crippen molar-refractivity contribution in [3.63, 3.8) is 0 Å². The van der Waals surface area contributed by atoms with Gasteiger partial charge in [-0.3, -0.25) is 9.69 Å². The minimum atomic E-state index is 0.0709. The van der Waals surface area contributed by atoms with Crippen molar-refractivity contribution in [1.82, 2.24) is 14.4 Å². The van der Waals surface area contributed by atoms with Crippen molar-refractivity contribution in [3.05, 3.63) is 64.8 Å². The molecular formula is C33H47N3O2. The van der Waals surface area contributed by atoms with E-state index in [1.165, 1.54) is 39.6 Å².